The van der Waals surface area contributed by atoms with E-state index in [0.29, 0.717) is 5.92 Å². The van der Waals surface area contributed by atoms with E-state index in [-0.39, 0.29) is 0 Å². The highest BCUT2D eigenvalue weighted by atomic mass is 79.9. The molecule has 0 aromatic heterocycles. The molecule has 17 heavy (non-hydrogen) atoms. The van der Waals surface area contributed by atoms with Crippen molar-refractivity contribution in [2.24, 2.45) is 5.92 Å². The second-order valence-electron chi connectivity index (χ2n) is 5.23. The van der Waals surface area contributed by atoms with Gasteiger partial charge in [-0.1, -0.05) is 48.3 Å². The second kappa shape index (κ2) is 6.01. The molecule has 1 nitrogen and oxygen atoms in total. The van der Waals surface area contributed by atoms with Gasteiger partial charge in [-0.2, -0.15) is 0 Å². The minimum Gasteiger partial charge on any atom is -0.313 e. The van der Waals surface area contributed by atoms with E-state index < -0.39 is 0 Å². The first-order chi connectivity index (χ1) is 8.20. The van der Waals surface area contributed by atoms with Crippen molar-refractivity contribution >= 4 is 15.9 Å². The van der Waals surface area contributed by atoms with Crippen molar-refractivity contribution in [2.45, 2.75) is 45.1 Å². The fourth-order valence-corrected chi connectivity index (χ4v) is 2.67. The van der Waals surface area contributed by atoms with E-state index in [0.717, 1.165) is 18.5 Å². The standard InChI is InChI=1S/C15H22BrN/c1-3-11(2)15(10-17-14-7-8-14)12-5-4-6-13(16)9-12/h4-6,9,11,14-15,17H,3,7-8,10H2,1-2H3. The van der Waals surface area contributed by atoms with Crippen molar-refractivity contribution in [2.75, 3.05) is 6.54 Å². The quantitative estimate of drug-likeness (QED) is 0.824. The summed E-state index contributed by atoms with van der Waals surface area (Å²) < 4.78 is 1.19. The van der Waals surface area contributed by atoms with Gasteiger partial charge >= 0.3 is 0 Å². The zero-order valence-corrected chi connectivity index (χ0v) is 12.3. The summed E-state index contributed by atoms with van der Waals surface area (Å²) in [4.78, 5) is 0. The Bertz CT molecular complexity index is 360. The lowest BCUT2D eigenvalue weighted by molar-refractivity contribution is 0.419. The third-order valence-corrected chi connectivity index (χ3v) is 4.30. The molecule has 1 N–H and O–H groups in total. The van der Waals surface area contributed by atoms with Gasteiger partial charge in [0.05, 0.1) is 0 Å². The summed E-state index contributed by atoms with van der Waals surface area (Å²) in [6.07, 6.45) is 3.97. The minimum atomic E-state index is 0.637. The Labute approximate surface area is 113 Å². The molecule has 2 atom stereocenters. The van der Waals surface area contributed by atoms with E-state index >= 15 is 0 Å². The molecule has 0 amide bonds. The highest BCUT2D eigenvalue weighted by Gasteiger charge is 2.24. The molecule has 1 aliphatic carbocycles. The van der Waals surface area contributed by atoms with E-state index in [4.69, 9.17) is 0 Å². The van der Waals surface area contributed by atoms with Crippen LogP contribution in [-0.4, -0.2) is 12.6 Å². The molecule has 2 rings (SSSR count). The lowest BCUT2D eigenvalue weighted by Gasteiger charge is -2.24. The van der Waals surface area contributed by atoms with Gasteiger partial charge in [0.25, 0.3) is 0 Å². The van der Waals surface area contributed by atoms with Crippen LogP contribution in [0.2, 0.25) is 0 Å². The van der Waals surface area contributed by atoms with Crippen molar-refractivity contribution in [3.05, 3.63) is 34.3 Å². The van der Waals surface area contributed by atoms with Crippen LogP contribution in [0.25, 0.3) is 0 Å². The van der Waals surface area contributed by atoms with Crippen LogP contribution >= 0.6 is 15.9 Å². The second-order valence-corrected chi connectivity index (χ2v) is 6.15. The fourth-order valence-electron chi connectivity index (χ4n) is 2.25. The van der Waals surface area contributed by atoms with Crippen molar-refractivity contribution in [1.82, 2.24) is 5.32 Å². The Morgan fingerprint density at radius 2 is 2.18 bits per heavy atom. The van der Waals surface area contributed by atoms with Crippen LogP contribution in [0.15, 0.2) is 28.7 Å². The molecular weight excluding hydrogens is 274 g/mol. The van der Waals surface area contributed by atoms with Crippen LogP contribution in [0.5, 0.6) is 0 Å². The third-order valence-electron chi connectivity index (χ3n) is 3.81. The molecule has 0 spiro atoms. The summed E-state index contributed by atoms with van der Waals surface area (Å²) in [5.74, 6) is 1.37. The monoisotopic (exact) mass is 295 g/mol. The van der Waals surface area contributed by atoms with Crippen molar-refractivity contribution in [1.29, 1.82) is 0 Å². The number of nitrogens with one attached hydrogen (secondary N) is 1. The highest BCUT2D eigenvalue weighted by molar-refractivity contribution is 9.10. The summed E-state index contributed by atoms with van der Waals surface area (Å²) in [6, 6.07) is 9.58. The predicted octanol–water partition coefficient (Wildman–Crippen LogP) is 4.33. The maximum atomic E-state index is 3.67. The SMILES string of the molecule is CCC(C)C(CNC1CC1)c1cccc(Br)c1. The molecule has 1 saturated carbocycles. The van der Waals surface area contributed by atoms with E-state index in [2.05, 4.69) is 59.4 Å². The van der Waals surface area contributed by atoms with Gasteiger partial charge in [0.2, 0.25) is 0 Å². The first kappa shape index (κ1) is 13.1. The Kier molecular flexibility index (Phi) is 4.63. The first-order valence-electron chi connectivity index (χ1n) is 6.69. The lowest BCUT2D eigenvalue weighted by Crippen LogP contribution is -2.27. The van der Waals surface area contributed by atoms with Gasteiger partial charge < -0.3 is 5.32 Å². The molecule has 0 radical (unpaired) electrons. The topological polar surface area (TPSA) is 12.0 Å². The molecule has 1 fully saturated rings. The third kappa shape index (κ3) is 3.82. The molecular formula is C15H22BrN. The Morgan fingerprint density at radius 3 is 2.76 bits per heavy atom. The molecule has 1 aromatic carbocycles. The van der Waals surface area contributed by atoms with Gasteiger partial charge in [-0.15, -0.1) is 0 Å². The first-order valence-corrected chi connectivity index (χ1v) is 7.49. The van der Waals surface area contributed by atoms with Gasteiger partial charge in [-0.05, 0) is 42.4 Å². The van der Waals surface area contributed by atoms with Crippen LogP contribution in [0.1, 0.15) is 44.6 Å². The van der Waals surface area contributed by atoms with Gasteiger partial charge in [-0.3, -0.25) is 0 Å². The highest BCUT2D eigenvalue weighted by Crippen LogP contribution is 2.29. The predicted molar refractivity (Wildman–Crippen MR) is 77.4 cm³/mol. The Morgan fingerprint density at radius 1 is 1.41 bits per heavy atom. The molecule has 2 heteroatoms. The van der Waals surface area contributed by atoms with E-state index in [1.807, 2.05) is 0 Å². The van der Waals surface area contributed by atoms with Crippen molar-refractivity contribution < 1.29 is 0 Å². The van der Waals surface area contributed by atoms with Gasteiger partial charge in [-0.25, -0.2) is 0 Å². The molecule has 0 aliphatic heterocycles. The Hall–Kier alpha value is -0.340. The van der Waals surface area contributed by atoms with Gasteiger partial charge in [0.15, 0.2) is 0 Å². The summed E-state index contributed by atoms with van der Waals surface area (Å²) in [6.45, 7) is 5.77. The molecule has 0 saturated heterocycles. The molecule has 1 aromatic rings. The fraction of sp³-hybridized carbons (Fsp3) is 0.600. The van der Waals surface area contributed by atoms with Crippen LogP contribution < -0.4 is 5.32 Å². The van der Waals surface area contributed by atoms with E-state index in [1.54, 1.807) is 0 Å². The number of halogens is 1. The van der Waals surface area contributed by atoms with Crippen molar-refractivity contribution in [3.63, 3.8) is 0 Å². The number of hydrogen-bond donors (Lipinski definition) is 1. The smallest absolute Gasteiger partial charge is 0.0178 e. The largest absolute Gasteiger partial charge is 0.313 e. The lowest BCUT2D eigenvalue weighted by atomic mass is 9.85. The number of rotatable bonds is 6. The van der Waals surface area contributed by atoms with Crippen molar-refractivity contribution in [3.8, 4) is 0 Å². The normalized spacial score (nSPS) is 19.0. The minimum absolute atomic E-state index is 0.637. The summed E-state index contributed by atoms with van der Waals surface area (Å²) >= 11 is 3.57. The van der Waals surface area contributed by atoms with Crippen LogP contribution in [-0.2, 0) is 0 Å². The van der Waals surface area contributed by atoms with Crippen LogP contribution in [0, 0.1) is 5.92 Å². The number of hydrogen-bond acceptors (Lipinski definition) is 1. The summed E-state index contributed by atoms with van der Waals surface area (Å²) in [5.41, 5.74) is 1.46. The Balaban J connectivity index is 2.07. The average Bonchev–Trinajstić information content (AvgIpc) is 3.13. The number of benzene rings is 1. The molecule has 0 bridgehead atoms. The summed E-state index contributed by atoms with van der Waals surface area (Å²) in [7, 11) is 0. The zero-order valence-electron chi connectivity index (χ0n) is 10.7. The van der Waals surface area contributed by atoms with E-state index in [1.165, 1.54) is 29.3 Å². The van der Waals surface area contributed by atoms with Gasteiger partial charge in [0.1, 0.15) is 0 Å². The maximum absolute atomic E-state index is 3.67. The molecule has 0 heterocycles. The maximum Gasteiger partial charge on any atom is 0.0178 e. The molecule has 94 valence electrons. The average molecular weight is 296 g/mol. The van der Waals surface area contributed by atoms with Crippen LogP contribution in [0.4, 0.5) is 0 Å². The molecule has 1 aliphatic rings. The zero-order chi connectivity index (χ0) is 12.3. The summed E-state index contributed by atoms with van der Waals surface area (Å²) in [5, 5.41) is 3.67. The van der Waals surface area contributed by atoms with E-state index in [9.17, 15) is 0 Å². The van der Waals surface area contributed by atoms with Gasteiger partial charge in [0, 0.05) is 17.1 Å². The molecule has 2 unspecified atom stereocenters. The van der Waals surface area contributed by atoms with Crippen LogP contribution in [0.3, 0.4) is 0 Å².